The summed E-state index contributed by atoms with van der Waals surface area (Å²) in [6.07, 6.45) is 4.09. The molecule has 0 aliphatic carbocycles. The molecule has 59 heavy (non-hydrogen) atoms. The fourth-order valence-corrected chi connectivity index (χ4v) is 6.23. The van der Waals surface area contributed by atoms with Gasteiger partial charge in [-0.2, -0.15) is 0 Å². The van der Waals surface area contributed by atoms with E-state index in [2.05, 4.69) is 29.0 Å². The number of benzene rings is 1. The van der Waals surface area contributed by atoms with Gasteiger partial charge in [0.1, 0.15) is 24.2 Å². The van der Waals surface area contributed by atoms with Crippen LogP contribution in [0.5, 0.6) is 0 Å². The maximum Gasteiger partial charge on any atom is 0.329 e. The lowest BCUT2D eigenvalue weighted by Gasteiger charge is -2.32. The van der Waals surface area contributed by atoms with Crippen LogP contribution in [0.1, 0.15) is 66.9 Å². The molecule has 17 nitrogen and oxygen atoms in total. The summed E-state index contributed by atoms with van der Waals surface area (Å²) >= 11 is 0. The lowest BCUT2D eigenvalue weighted by atomic mass is 9.95. The van der Waals surface area contributed by atoms with Gasteiger partial charge in [-0.15, -0.1) is 0 Å². The van der Waals surface area contributed by atoms with Crippen LogP contribution in [0, 0.1) is 23.7 Å². The van der Waals surface area contributed by atoms with Crippen molar-refractivity contribution in [3.05, 3.63) is 59.7 Å². The molecule has 17 heteroatoms. The molecule has 1 rings (SSSR count). The third-order valence-electron chi connectivity index (χ3n) is 10.1. The highest BCUT2D eigenvalue weighted by Gasteiger charge is 2.39. The van der Waals surface area contributed by atoms with Gasteiger partial charge in [-0.25, -0.2) is 14.4 Å². The van der Waals surface area contributed by atoms with Gasteiger partial charge in [-0.05, 0) is 38.2 Å². The number of nitrogens with zero attached hydrogens (tertiary/aromatic N) is 1. The molecular formula is C42H65N5O12. The molecule has 1 aromatic rings. The quantitative estimate of drug-likeness (QED) is 0.0639. The van der Waals surface area contributed by atoms with Crippen LogP contribution in [-0.2, 0) is 54.2 Å². The van der Waals surface area contributed by atoms with E-state index >= 15 is 0 Å². The molecule has 0 saturated heterocycles. The van der Waals surface area contributed by atoms with E-state index in [0.29, 0.717) is 0 Å². The van der Waals surface area contributed by atoms with Crippen molar-refractivity contribution in [1.29, 1.82) is 0 Å². The van der Waals surface area contributed by atoms with Crippen LogP contribution in [0.2, 0.25) is 0 Å². The molecule has 0 heterocycles. The molecule has 0 unspecified atom stereocenters. The number of nitrogens with one attached hydrogen (secondary N) is 3. The van der Waals surface area contributed by atoms with Crippen molar-refractivity contribution in [1.82, 2.24) is 20.9 Å². The van der Waals surface area contributed by atoms with E-state index in [-0.39, 0.29) is 18.4 Å². The number of carboxylic acid groups (broad SMARTS) is 1. The van der Waals surface area contributed by atoms with Crippen molar-refractivity contribution in [2.45, 2.75) is 110 Å². The topological polar surface area (TPSA) is 253 Å². The molecular weight excluding hydrogens is 766 g/mol. The van der Waals surface area contributed by atoms with Gasteiger partial charge in [0.2, 0.25) is 23.6 Å². The molecule has 4 amide bonds. The summed E-state index contributed by atoms with van der Waals surface area (Å²) in [5.41, 5.74) is 8.42. The molecule has 1 aromatic carbocycles. The number of aliphatic carboxylic acids is 1. The van der Waals surface area contributed by atoms with Gasteiger partial charge in [0, 0.05) is 32.5 Å². The average molecular weight is 832 g/mol. The van der Waals surface area contributed by atoms with Crippen molar-refractivity contribution in [2.75, 3.05) is 28.4 Å². The summed E-state index contributed by atoms with van der Waals surface area (Å²) in [4.78, 5) is 91.1. The lowest BCUT2D eigenvalue weighted by Crippen LogP contribution is -2.59. The Morgan fingerprint density at radius 2 is 1.37 bits per heavy atom. The number of carbonyl (C=O) groups excluding carboxylic acids is 6. The maximum absolute atomic E-state index is 13.5. The number of aliphatic hydroxyl groups excluding tert-OH is 1. The number of likely N-dealkylation sites (N-methyl/N-ethyl adjacent to an activating group) is 1. The highest BCUT2D eigenvalue weighted by atomic mass is 16.5. The number of methoxy groups -OCH3 is 3. The van der Waals surface area contributed by atoms with Crippen LogP contribution >= 0.6 is 0 Å². The molecule has 0 spiro atoms. The zero-order chi connectivity index (χ0) is 45.1. The van der Waals surface area contributed by atoms with Gasteiger partial charge >= 0.3 is 17.9 Å². The van der Waals surface area contributed by atoms with Crippen LogP contribution in [0.4, 0.5) is 0 Å². The van der Waals surface area contributed by atoms with Crippen molar-refractivity contribution in [2.24, 2.45) is 29.4 Å². The van der Waals surface area contributed by atoms with E-state index in [1.165, 1.54) is 20.9 Å². The Balaban J connectivity index is 3.02. The number of hydrogen-bond donors (Lipinski definition) is 6. The molecule has 0 radical (unpaired) electrons. The van der Waals surface area contributed by atoms with Crippen molar-refractivity contribution in [3.63, 3.8) is 0 Å². The number of esters is 2. The number of carbonyl (C=O) groups is 7. The highest BCUT2D eigenvalue weighted by molar-refractivity contribution is 5.95. The number of nitrogens with two attached hydrogens (primary N) is 1. The van der Waals surface area contributed by atoms with Gasteiger partial charge in [0.25, 0.3) is 0 Å². The molecule has 0 aliphatic heterocycles. The predicted molar refractivity (Wildman–Crippen MR) is 219 cm³/mol. The minimum absolute atomic E-state index is 0.0604. The normalized spacial score (nSPS) is 16.9. The van der Waals surface area contributed by atoms with E-state index in [9.17, 15) is 43.8 Å². The van der Waals surface area contributed by atoms with Crippen molar-refractivity contribution >= 4 is 41.5 Å². The Labute approximate surface area is 347 Å². The first kappa shape index (κ1) is 51.9. The summed E-state index contributed by atoms with van der Waals surface area (Å²) in [5.74, 6) is -8.93. The van der Waals surface area contributed by atoms with E-state index in [0.717, 1.165) is 36.7 Å². The number of allylic oxidation sites excluding steroid dienone is 2. The second-order valence-corrected chi connectivity index (χ2v) is 15.1. The Morgan fingerprint density at radius 3 is 1.88 bits per heavy atom. The standard InChI is InChI=1S/C42H65N5O12/c1-23(2)34(40(53)54)45-38(51)27(6)35(42(56)59-11)46-39(52)36(28(7)48)47(8)33(49)20-19-31(41(55)58-10)44-37(50)26(5)30(43)18-17-24(3)21-25(4)32(57-9)22-29-15-13-12-14-16-29/h12-18,21,23,25-28,30-32,34-36,48H,19-20,22,43H2,1-11H3,(H,44,50)(H,45,51)(H,46,52)(H,53,54)/b18-17+,24-21+/t25-,26-,27-,28+,30+,31+,32-,34-,35+,36-/m0/s1. The van der Waals surface area contributed by atoms with Gasteiger partial charge < -0.3 is 51.0 Å². The largest absolute Gasteiger partial charge is 0.480 e. The minimum Gasteiger partial charge on any atom is -0.480 e. The predicted octanol–water partition coefficient (Wildman–Crippen LogP) is 1.51. The third-order valence-corrected chi connectivity index (χ3v) is 10.1. The second kappa shape index (κ2) is 25.4. The number of aliphatic hydroxyl groups is 1. The fourth-order valence-electron chi connectivity index (χ4n) is 6.23. The Hall–Kier alpha value is -5.13. The number of carboxylic acids is 1. The Kier molecular flexibility index (Phi) is 22.3. The van der Waals surface area contributed by atoms with Gasteiger partial charge in [0.05, 0.1) is 38.3 Å². The SMILES string of the molecule is COC(=O)[C@@H](CCC(=O)N(C)[C@H](C(=O)N[C@@H](C(=O)OC)[C@H](C)C(=O)N[C@H](C(=O)O)C(C)C)[C@@H](C)O)NC(=O)[C@@H](C)[C@H](N)/C=C/C(C)=C/[C@H](C)[C@H](Cc1ccccc1)OC. The summed E-state index contributed by atoms with van der Waals surface area (Å²) in [6.45, 7) is 11.2. The molecule has 0 aliphatic rings. The first-order valence-electron chi connectivity index (χ1n) is 19.5. The lowest BCUT2D eigenvalue weighted by molar-refractivity contribution is -0.152. The maximum atomic E-state index is 13.5. The first-order valence-corrected chi connectivity index (χ1v) is 19.5. The molecule has 0 aromatic heterocycles. The van der Waals surface area contributed by atoms with Crippen molar-refractivity contribution in [3.8, 4) is 0 Å². The summed E-state index contributed by atoms with van der Waals surface area (Å²) in [7, 11) is 5.04. The number of rotatable bonds is 24. The van der Waals surface area contributed by atoms with E-state index in [1.807, 2.05) is 43.3 Å². The smallest absolute Gasteiger partial charge is 0.329 e. The van der Waals surface area contributed by atoms with E-state index in [1.54, 1.807) is 34.0 Å². The third kappa shape index (κ3) is 16.6. The molecule has 0 bridgehead atoms. The summed E-state index contributed by atoms with van der Waals surface area (Å²) in [6, 6.07) is 3.49. The van der Waals surface area contributed by atoms with E-state index in [4.69, 9.17) is 19.9 Å². The first-order chi connectivity index (χ1) is 27.6. The van der Waals surface area contributed by atoms with Gasteiger partial charge in [-0.3, -0.25) is 19.2 Å². The Bertz CT molecular complexity index is 1630. The Morgan fingerprint density at radius 1 is 0.814 bits per heavy atom. The van der Waals surface area contributed by atoms with Gasteiger partial charge in [0.15, 0.2) is 0 Å². The number of amides is 4. The highest BCUT2D eigenvalue weighted by Crippen LogP contribution is 2.18. The zero-order valence-electron chi connectivity index (χ0n) is 36.1. The summed E-state index contributed by atoms with van der Waals surface area (Å²) < 4.78 is 15.4. The van der Waals surface area contributed by atoms with Crippen LogP contribution in [0.3, 0.4) is 0 Å². The summed E-state index contributed by atoms with van der Waals surface area (Å²) in [5, 5.41) is 27.3. The fraction of sp³-hybridized carbons (Fsp3) is 0.595. The van der Waals surface area contributed by atoms with Crippen LogP contribution in [0.25, 0.3) is 0 Å². The molecule has 0 saturated carbocycles. The van der Waals surface area contributed by atoms with Crippen LogP contribution in [-0.4, -0.2) is 127 Å². The van der Waals surface area contributed by atoms with Gasteiger partial charge in [-0.1, -0.05) is 88.8 Å². The number of hydrogen-bond acceptors (Lipinski definition) is 12. The zero-order valence-corrected chi connectivity index (χ0v) is 36.1. The van der Waals surface area contributed by atoms with Crippen LogP contribution < -0.4 is 21.7 Å². The average Bonchev–Trinajstić information content (AvgIpc) is 3.19. The monoisotopic (exact) mass is 831 g/mol. The number of ether oxygens (including phenoxy) is 3. The molecule has 330 valence electrons. The molecule has 10 atom stereocenters. The second-order valence-electron chi connectivity index (χ2n) is 15.1. The van der Waals surface area contributed by atoms with Crippen LogP contribution in [0.15, 0.2) is 54.1 Å². The van der Waals surface area contributed by atoms with E-state index < -0.39 is 102 Å². The minimum atomic E-state index is -1.63. The molecule has 7 N–H and O–H groups in total. The molecule has 0 fully saturated rings. The van der Waals surface area contributed by atoms with Crippen molar-refractivity contribution < 1.29 is 58.0 Å².